The van der Waals surface area contributed by atoms with Gasteiger partial charge in [0.15, 0.2) is 0 Å². The van der Waals surface area contributed by atoms with Crippen LogP contribution in [0.4, 0.5) is 0 Å². The Labute approximate surface area is 193 Å². The quantitative estimate of drug-likeness (QED) is 0.380. The van der Waals surface area contributed by atoms with Crippen LogP contribution < -0.4 is 4.74 Å². The molecule has 0 amide bonds. The molecule has 0 bridgehead atoms. The molecule has 3 heterocycles. The minimum atomic E-state index is -0.505. The number of β-amino-alcohol motifs (C(OH)–C–C–N with tert-alkyl or cyclic N) is 1. The normalized spacial score (nSPS) is 20.8. The van der Waals surface area contributed by atoms with Crippen LogP contribution in [0.3, 0.4) is 0 Å². The number of piperidine rings is 1. The van der Waals surface area contributed by atoms with Gasteiger partial charge in [-0.05, 0) is 98.3 Å². The van der Waals surface area contributed by atoms with E-state index in [0.29, 0.717) is 25.1 Å². The number of benzene rings is 2. The molecule has 3 atom stereocenters. The number of aliphatic hydroxyl groups is 1. The summed E-state index contributed by atoms with van der Waals surface area (Å²) in [5, 5.41) is 15.4. The van der Waals surface area contributed by atoms with Crippen molar-refractivity contribution >= 4 is 32.3 Å². The summed E-state index contributed by atoms with van der Waals surface area (Å²) in [5.41, 5.74) is 5.03. The molecular formula is C27H32N2O2S. The van der Waals surface area contributed by atoms with Gasteiger partial charge in [0, 0.05) is 33.9 Å². The van der Waals surface area contributed by atoms with Gasteiger partial charge < -0.3 is 14.8 Å². The van der Waals surface area contributed by atoms with Crippen LogP contribution in [0.15, 0.2) is 47.8 Å². The van der Waals surface area contributed by atoms with Gasteiger partial charge in [-0.2, -0.15) is 0 Å². The summed E-state index contributed by atoms with van der Waals surface area (Å²) in [5.74, 6) is 1.42. The Hall–Kier alpha value is -2.34. The molecule has 2 aromatic carbocycles. The third-order valence-electron chi connectivity index (χ3n) is 6.91. The molecule has 0 radical (unpaired) electrons. The molecule has 4 aromatic rings. The lowest BCUT2D eigenvalue weighted by Crippen LogP contribution is -2.45. The van der Waals surface area contributed by atoms with Gasteiger partial charge in [-0.15, -0.1) is 11.3 Å². The van der Waals surface area contributed by atoms with Crippen molar-refractivity contribution in [2.75, 3.05) is 19.7 Å². The Bertz CT molecular complexity index is 1230. The molecule has 0 aliphatic carbocycles. The summed E-state index contributed by atoms with van der Waals surface area (Å²) < 4.78 is 7.39. The highest BCUT2D eigenvalue weighted by Gasteiger charge is 2.28. The Morgan fingerprint density at radius 1 is 1.19 bits per heavy atom. The number of nitrogens with one attached hydrogen (secondary N) is 1. The van der Waals surface area contributed by atoms with Crippen molar-refractivity contribution in [2.45, 2.75) is 51.7 Å². The van der Waals surface area contributed by atoms with E-state index in [1.165, 1.54) is 21.2 Å². The zero-order chi connectivity index (χ0) is 22.2. The zero-order valence-corrected chi connectivity index (χ0v) is 19.9. The highest BCUT2D eigenvalue weighted by atomic mass is 32.1. The van der Waals surface area contributed by atoms with Crippen molar-refractivity contribution in [1.82, 2.24) is 9.88 Å². The summed E-state index contributed by atoms with van der Waals surface area (Å²) in [6, 6.07) is 15.6. The van der Waals surface area contributed by atoms with Crippen molar-refractivity contribution < 1.29 is 9.84 Å². The summed E-state index contributed by atoms with van der Waals surface area (Å²) in [6.45, 7) is 8.51. The van der Waals surface area contributed by atoms with Crippen molar-refractivity contribution in [1.29, 1.82) is 0 Å². The number of ether oxygens (including phenoxy) is 1. The van der Waals surface area contributed by atoms with Crippen LogP contribution in [0.1, 0.15) is 42.5 Å². The lowest BCUT2D eigenvalue weighted by Gasteiger charge is -2.38. The van der Waals surface area contributed by atoms with E-state index >= 15 is 0 Å². The molecule has 168 valence electrons. The molecule has 5 rings (SSSR count). The van der Waals surface area contributed by atoms with E-state index in [4.69, 9.17) is 4.74 Å². The van der Waals surface area contributed by atoms with Gasteiger partial charge in [-0.3, -0.25) is 4.90 Å². The number of nitrogens with zero attached hydrogens (tertiary/aromatic N) is 1. The number of aliphatic hydroxyl groups excluding tert-OH is 1. The van der Waals surface area contributed by atoms with Crippen molar-refractivity contribution in [3.05, 3.63) is 64.7 Å². The van der Waals surface area contributed by atoms with E-state index < -0.39 is 6.10 Å². The fourth-order valence-corrected chi connectivity index (χ4v) is 6.05. The topological polar surface area (TPSA) is 48.5 Å². The molecule has 1 saturated heterocycles. The predicted molar refractivity (Wildman–Crippen MR) is 134 cm³/mol. The number of fused-ring (bicyclic) bond motifs is 2. The van der Waals surface area contributed by atoms with Crippen molar-refractivity contribution in [2.24, 2.45) is 0 Å². The maximum absolute atomic E-state index is 10.7. The number of thiophene rings is 1. The molecule has 1 aliphatic rings. The van der Waals surface area contributed by atoms with Gasteiger partial charge in [0.1, 0.15) is 18.5 Å². The summed E-state index contributed by atoms with van der Waals surface area (Å²) in [7, 11) is 0. The Balaban J connectivity index is 1.18. The maximum Gasteiger partial charge on any atom is 0.128 e. The van der Waals surface area contributed by atoms with Gasteiger partial charge in [0.25, 0.3) is 0 Å². The largest absolute Gasteiger partial charge is 0.490 e. The SMILES string of the molecule is Cc1cc2c(OC[C@@H](O)CN3CC[C@@H](c4ccc5scc(C)c5c4)C[C@@H]3C)cccc2[nH]1. The van der Waals surface area contributed by atoms with Crippen LogP contribution in [-0.2, 0) is 0 Å². The number of rotatable bonds is 6. The number of hydrogen-bond acceptors (Lipinski definition) is 4. The predicted octanol–water partition coefficient (Wildman–Crippen LogP) is 6.01. The first kappa shape index (κ1) is 21.5. The summed E-state index contributed by atoms with van der Waals surface area (Å²) in [6.07, 6.45) is 1.76. The number of aryl methyl sites for hydroxylation is 2. The highest BCUT2D eigenvalue weighted by Crippen LogP contribution is 2.35. The maximum atomic E-state index is 10.7. The number of H-pyrrole nitrogens is 1. The van der Waals surface area contributed by atoms with E-state index in [-0.39, 0.29) is 0 Å². The number of aromatic amines is 1. The van der Waals surface area contributed by atoms with Crippen LogP contribution >= 0.6 is 11.3 Å². The molecule has 5 heteroatoms. The summed E-state index contributed by atoms with van der Waals surface area (Å²) in [4.78, 5) is 5.75. The monoisotopic (exact) mass is 448 g/mol. The third kappa shape index (κ3) is 4.29. The second-order valence-corrected chi connectivity index (χ2v) is 10.3. The molecule has 0 saturated carbocycles. The Morgan fingerprint density at radius 2 is 2.06 bits per heavy atom. The number of aromatic nitrogens is 1. The lowest BCUT2D eigenvalue weighted by atomic mass is 9.85. The smallest absolute Gasteiger partial charge is 0.128 e. The van der Waals surface area contributed by atoms with Gasteiger partial charge >= 0.3 is 0 Å². The number of likely N-dealkylation sites (tertiary alicyclic amines) is 1. The third-order valence-corrected chi connectivity index (χ3v) is 7.99. The van der Waals surface area contributed by atoms with Gasteiger partial charge in [-0.1, -0.05) is 12.1 Å². The zero-order valence-electron chi connectivity index (χ0n) is 19.1. The average molecular weight is 449 g/mol. The van der Waals surface area contributed by atoms with Gasteiger partial charge in [0.05, 0.1) is 0 Å². The van der Waals surface area contributed by atoms with E-state index in [2.05, 4.69) is 59.4 Å². The molecule has 32 heavy (non-hydrogen) atoms. The molecule has 2 aromatic heterocycles. The van der Waals surface area contributed by atoms with E-state index in [1.54, 1.807) is 0 Å². The van der Waals surface area contributed by atoms with Crippen molar-refractivity contribution in [3.8, 4) is 5.75 Å². The molecule has 0 spiro atoms. The lowest BCUT2D eigenvalue weighted by molar-refractivity contribution is 0.0406. The van der Waals surface area contributed by atoms with Gasteiger partial charge in [0.2, 0.25) is 0 Å². The molecule has 1 fully saturated rings. The Morgan fingerprint density at radius 3 is 2.91 bits per heavy atom. The average Bonchev–Trinajstić information content (AvgIpc) is 3.35. The van der Waals surface area contributed by atoms with E-state index in [9.17, 15) is 5.11 Å². The van der Waals surface area contributed by atoms with Crippen LogP contribution in [0, 0.1) is 13.8 Å². The molecule has 2 N–H and O–H groups in total. The first-order chi connectivity index (χ1) is 15.5. The Kier molecular flexibility index (Phi) is 5.97. The molecule has 1 aliphatic heterocycles. The fourth-order valence-electron chi connectivity index (χ4n) is 5.12. The van der Waals surface area contributed by atoms with Crippen LogP contribution in [0.25, 0.3) is 21.0 Å². The van der Waals surface area contributed by atoms with Crippen LogP contribution in [-0.4, -0.2) is 46.8 Å². The van der Waals surface area contributed by atoms with E-state index in [0.717, 1.165) is 41.7 Å². The first-order valence-corrected chi connectivity index (χ1v) is 12.5. The van der Waals surface area contributed by atoms with Crippen LogP contribution in [0.5, 0.6) is 5.75 Å². The van der Waals surface area contributed by atoms with Crippen LogP contribution in [0.2, 0.25) is 0 Å². The second-order valence-electron chi connectivity index (χ2n) is 9.37. The second kappa shape index (κ2) is 8.89. The highest BCUT2D eigenvalue weighted by molar-refractivity contribution is 7.17. The molecular weight excluding hydrogens is 416 g/mol. The number of hydrogen-bond donors (Lipinski definition) is 2. The first-order valence-electron chi connectivity index (χ1n) is 11.6. The van der Waals surface area contributed by atoms with Crippen molar-refractivity contribution in [3.63, 3.8) is 0 Å². The van der Waals surface area contributed by atoms with E-state index in [1.807, 2.05) is 30.4 Å². The minimum Gasteiger partial charge on any atom is -0.490 e. The summed E-state index contributed by atoms with van der Waals surface area (Å²) >= 11 is 1.83. The van der Waals surface area contributed by atoms with Gasteiger partial charge in [-0.25, -0.2) is 0 Å². The molecule has 4 nitrogen and oxygen atoms in total. The fraction of sp³-hybridized carbons (Fsp3) is 0.407. The minimum absolute atomic E-state index is 0.310. The standard InChI is InChI=1S/C27H32N2O2S/c1-17-16-32-27-8-7-20(13-23(17)27)21-9-10-29(19(3)12-21)14-22(30)15-31-26-6-4-5-25-24(26)11-18(2)28-25/h4-8,11,13,16,19,21-22,28,30H,9-10,12,14-15H2,1-3H3/t19-,21+,22-/m0/s1. The molecule has 0 unspecified atom stereocenters.